The molecule has 0 radical (unpaired) electrons. The largest absolute Gasteiger partial charge is 0.354 e. The van der Waals surface area contributed by atoms with Gasteiger partial charge in [0.2, 0.25) is 11.6 Å². The summed E-state index contributed by atoms with van der Waals surface area (Å²) in [5.74, 6) is 0.504. The molecule has 136 valence electrons. The average molecular weight is 361 g/mol. The van der Waals surface area contributed by atoms with Crippen molar-refractivity contribution in [2.75, 3.05) is 16.8 Å². The molecule has 1 aliphatic rings. The maximum Gasteiger partial charge on any atom is 0.354 e. The molecule has 7 nitrogen and oxygen atoms in total. The highest BCUT2D eigenvalue weighted by Gasteiger charge is 2.31. The number of rotatable bonds is 4. The number of aryl methyl sites for hydroxylation is 2. The van der Waals surface area contributed by atoms with Crippen LogP contribution in [0.25, 0.3) is 0 Å². The van der Waals surface area contributed by atoms with Gasteiger partial charge in [-0.1, -0.05) is 24.3 Å². The summed E-state index contributed by atoms with van der Waals surface area (Å²) in [4.78, 5) is 21.7. The summed E-state index contributed by atoms with van der Waals surface area (Å²) in [6, 6.07) is 13.7. The van der Waals surface area contributed by atoms with E-state index in [4.69, 9.17) is 0 Å². The van der Waals surface area contributed by atoms with Crippen LogP contribution in [-0.4, -0.2) is 21.4 Å². The average Bonchev–Trinajstić information content (AvgIpc) is 3.08. The van der Waals surface area contributed by atoms with Crippen LogP contribution in [0.3, 0.4) is 0 Å². The van der Waals surface area contributed by atoms with Crippen LogP contribution in [0, 0.1) is 24.0 Å². The van der Waals surface area contributed by atoms with E-state index in [0.717, 1.165) is 34.5 Å². The maximum atomic E-state index is 11.9. The molecule has 0 amide bonds. The molecule has 0 spiro atoms. The molecule has 0 aliphatic carbocycles. The lowest BCUT2D eigenvalue weighted by Gasteiger charge is -2.19. The molecule has 4 rings (SSSR count). The predicted octanol–water partition coefficient (Wildman–Crippen LogP) is 4.44. The van der Waals surface area contributed by atoms with Crippen LogP contribution in [0.2, 0.25) is 0 Å². The van der Waals surface area contributed by atoms with Crippen LogP contribution in [0.1, 0.15) is 16.7 Å². The first-order valence-electron chi connectivity index (χ1n) is 8.73. The summed E-state index contributed by atoms with van der Waals surface area (Å²) in [6.45, 7) is 4.68. The molecule has 2 heterocycles. The van der Waals surface area contributed by atoms with Gasteiger partial charge in [0.15, 0.2) is 0 Å². The van der Waals surface area contributed by atoms with Crippen molar-refractivity contribution in [3.8, 4) is 0 Å². The molecular formula is C20H19N5O2. The van der Waals surface area contributed by atoms with Gasteiger partial charge >= 0.3 is 5.69 Å². The Bertz CT molecular complexity index is 1030. The van der Waals surface area contributed by atoms with Crippen LogP contribution >= 0.6 is 0 Å². The summed E-state index contributed by atoms with van der Waals surface area (Å²) in [7, 11) is 0. The fourth-order valence-corrected chi connectivity index (χ4v) is 3.34. The molecule has 0 saturated heterocycles. The summed E-state index contributed by atoms with van der Waals surface area (Å²) in [6.07, 6.45) is 2.20. The Kier molecular flexibility index (Phi) is 4.19. The summed E-state index contributed by atoms with van der Waals surface area (Å²) in [5.41, 5.74) is 5.02. The molecule has 7 heteroatoms. The number of fused-ring (bicyclic) bond motifs is 1. The second-order valence-electron chi connectivity index (χ2n) is 6.61. The van der Waals surface area contributed by atoms with Gasteiger partial charge in [0.25, 0.3) is 0 Å². The summed E-state index contributed by atoms with van der Waals surface area (Å²) >= 11 is 0. The van der Waals surface area contributed by atoms with Crippen molar-refractivity contribution in [2.24, 2.45) is 0 Å². The fourth-order valence-electron chi connectivity index (χ4n) is 3.34. The smallest absolute Gasteiger partial charge is 0.334 e. The standard InChI is InChI=1S/C20H19N5O2/c1-13-7-8-16(11-14(13)2)23-19-18(25(26)27)20(22-12-21-19)24-10-9-15-5-3-4-6-17(15)24/h3-8,11-12H,9-10H2,1-2H3,(H,21,22,23). The van der Waals surface area contributed by atoms with Crippen molar-refractivity contribution in [1.82, 2.24) is 9.97 Å². The lowest BCUT2D eigenvalue weighted by atomic mass is 10.1. The SMILES string of the molecule is Cc1ccc(Nc2ncnc(N3CCc4ccccc43)c2[N+](=O)[O-])cc1C. The van der Waals surface area contributed by atoms with Gasteiger partial charge in [-0.3, -0.25) is 10.1 Å². The minimum Gasteiger partial charge on any atom is -0.334 e. The molecular weight excluding hydrogens is 342 g/mol. The zero-order valence-corrected chi connectivity index (χ0v) is 15.1. The number of benzene rings is 2. The highest BCUT2D eigenvalue weighted by molar-refractivity contribution is 5.80. The van der Waals surface area contributed by atoms with E-state index in [9.17, 15) is 10.1 Å². The minimum atomic E-state index is -0.417. The topological polar surface area (TPSA) is 84.2 Å². The number of para-hydroxylation sites is 1. The van der Waals surface area contributed by atoms with Crippen LogP contribution in [0.5, 0.6) is 0 Å². The van der Waals surface area contributed by atoms with Crippen molar-refractivity contribution < 1.29 is 4.92 Å². The maximum absolute atomic E-state index is 11.9. The molecule has 0 atom stereocenters. The van der Waals surface area contributed by atoms with Gasteiger partial charge in [-0.15, -0.1) is 0 Å². The molecule has 27 heavy (non-hydrogen) atoms. The second-order valence-corrected chi connectivity index (χ2v) is 6.61. The predicted molar refractivity (Wildman–Crippen MR) is 105 cm³/mol. The Morgan fingerprint density at radius 1 is 1.11 bits per heavy atom. The van der Waals surface area contributed by atoms with Crippen molar-refractivity contribution in [1.29, 1.82) is 0 Å². The number of nitrogens with zero attached hydrogens (tertiary/aromatic N) is 4. The van der Waals surface area contributed by atoms with Crippen molar-refractivity contribution >= 4 is 28.7 Å². The Hall–Kier alpha value is -3.48. The third kappa shape index (κ3) is 3.08. The van der Waals surface area contributed by atoms with E-state index in [-0.39, 0.29) is 11.5 Å². The quantitative estimate of drug-likeness (QED) is 0.546. The Labute approximate surface area is 156 Å². The number of nitrogens with one attached hydrogen (secondary N) is 1. The van der Waals surface area contributed by atoms with Crippen LogP contribution in [0.4, 0.5) is 28.7 Å². The van der Waals surface area contributed by atoms with Gasteiger partial charge in [-0.25, -0.2) is 9.97 Å². The van der Waals surface area contributed by atoms with Gasteiger partial charge in [0.05, 0.1) is 4.92 Å². The van der Waals surface area contributed by atoms with E-state index in [2.05, 4.69) is 15.3 Å². The number of hydrogen-bond donors (Lipinski definition) is 1. The molecule has 1 aromatic heterocycles. The number of aromatic nitrogens is 2. The lowest BCUT2D eigenvalue weighted by molar-refractivity contribution is -0.383. The zero-order chi connectivity index (χ0) is 19.0. The third-order valence-corrected chi connectivity index (χ3v) is 4.90. The van der Waals surface area contributed by atoms with Crippen LogP contribution in [0.15, 0.2) is 48.8 Å². The molecule has 1 N–H and O–H groups in total. The van der Waals surface area contributed by atoms with E-state index in [1.165, 1.54) is 6.33 Å². The van der Waals surface area contributed by atoms with Crippen molar-refractivity contribution in [3.63, 3.8) is 0 Å². The second kappa shape index (κ2) is 6.68. The number of anilines is 4. The Morgan fingerprint density at radius 2 is 1.93 bits per heavy atom. The van der Waals surface area contributed by atoms with Crippen molar-refractivity contribution in [3.05, 3.63) is 75.6 Å². The zero-order valence-electron chi connectivity index (χ0n) is 15.1. The Morgan fingerprint density at radius 3 is 2.70 bits per heavy atom. The molecule has 1 aliphatic heterocycles. The van der Waals surface area contributed by atoms with Gasteiger partial charge < -0.3 is 10.2 Å². The summed E-state index contributed by atoms with van der Waals surface area (Å²) < 4.78 is 0. The molecule has 0 fully saturated rings. The van der Waals surface area contributed by atoms with Gasteiger partial charge in [0, 0.05) is 17.9 Å². The van der Waals surface area contributed by atoms with E-state index in [0.29, 0.717) is 12.4 Å². The molecule has 3 aromatic rings. The minimum absolute atomic E-state index is 0.118. The van der Waals surface area contributed by atoms with E-state index in [1.54, 1.807) is 0 Å². The molecule has 0 saturated carbocycles. The van der Waals surface area contributed by atoms with Crippen LogP contribution < -0.4 is 10.2 Å². The first kappa shape index (κ1) is 17.0. The van der Waals surface area contributed by atoms with E-state index < -0.39 is 4.92 Å². The Balaban J connectivity index is 1.77. The molecule has 0 bridgehead atoms. The third-order valence-electron chi connectivity index (χ3n) is 4.90. The van der Waals surface area contributed by atoms with E-state index in [1.807, 2.05) is 61.2 Å². The van der Waals surface area contributed by atoms with Gasteiger partial charge in [0.1, 0.15) is 6.33 Å². The van der Waals surface area contributed by atoms with Gasteiger partial charge in [-0.2, -0.15) is 0 Å². The summed E-state index contributed by atoms with van der Waals surface area (Å²) in [5, 5.41) is 15.0. The molecule has 2 aromatic carbocycles. The van der Waals surface area contributed by atoms with Crippen molar-refractivity contribution in [2.45, 2.75) is 20.3 Å². The monoisotopic (exact) mass is 361 g/mol. The van der Waals surface area contributed by atoms with E-state index >= 15 is 0 Å². The van der Waals surface area contributed by atoms with Crippen LogP contribution in [-0.2, 0) is 6.42 Å². The number of nitro groups is 1. The first-order chi connectivity index (χ1) is 13.0. The van der Waals surface area contributed by atoms with Gasteiger partial charge in [-0.05, 0) is 55.2 Å². The highest BCUT2D eigenvalue weighted by atomic mass is 16.6. The number of hydrogen-bond acceptors (Lipinski definition) is 6. The molecule has 0 unspecified atom stereocenters. The lowest BCUT2D eigenvalue weighted by Crippen LogP contribution is -2.17. The fraction of sp³-hybridized carbons (Fsp3) is 0.200. The highest BCUT2D eigenvalue weighted by Crippen LogP contribution is 2.40. The first-order valence-corrected chi connectivity index (χ1v) is 8.73. The normalized spacial score (nSPS) is 12.7.